The molecule has 1 aliphatic rings. The van der Waals surface area contributed by atoms with Crippen molar-refractivity contribution in [1.82, 2.24) is 0 Å². The molecule has 0 aromatic heterocycles. The molecule has 0 aliphatic carbocycles. The molecule has 2 rings (SSSR count). The summed E-state index contributed by atoms with van der Waals surface area (Å²) in [4.78, 5) is 0. The first-order valence-electron chi connectivity index (χ1n) is 5.80. The molecule has 1 aliphatic heterocycles. The Balaban J connectivity index is 1.94. The summed E-state index contributed by atoms with van der Waals surface area (Å²) in [7, 11) is 0. The molecule has 4 nitrogen and oxygen atoms in total. The highest BCUT2D eigenvalue weighted by molar-refractivity contribution is 5.76. The quantitative estimate of drug-likeness (QED) is 0.787. The Morgan fingerprint density at radius 3 is 2.65 bits per heavy atom. The number of ether oxygens (including phenoxy) is 2. The monoisotopic (exact) mass is 235 g/mol. The number of rotatable bonds is 3. The number of aliphatic hydroxyl groups is 1. The summed E-state index contributed by atoms with van der Waals surface area (Å²) in [6, 6.07) is 7.28. The van der Waals surface area contributed by atoms with Crippen LogP contribution in [0.2, 0.25) is 0 Å². The molecule has 4 heteroatoms. The molecule has 0 bridgehead atoms. The van der Waals surface area contributed by atoms with E-state index in [1.54, 1.807) is 0 Å². The van der Waals surface area contributed by atoms with Gasteiger partial charge in [-0.3, -0.25) is 0 Å². The zero-order valence-corrected chi connectivity index (χ0v) is 9.80. The van der Waals surface area contributed by atoms with Crippen molar-refractivity contribution in [3.05, 3.63) is 29.8 Å². The van der Waals surface area contributed by atoms with Gasteiger partial charge in [0.2, 0.25) is 0 Å². The van der Waals surface area contributed by atoms with Gasteiger partial charge in [0.05, 0.1) is 12.2 Å². The average molecular weight is 235 g/mol. The largest absolute Gasteiger partial charge is 0.465 e. The first kappa shape index (κ1) is 12.1. The van der Waals surface area contributed by atoms with E-state index >= 15 is 0 Å². The van der Waals surface area contributed by atoms with Crippen LogP contribution in [0.15, 0.2) is 24.3 Å². The molecule has 0 spiro atoms. The van der Waals surface area contributed by atoms with Gasteiger partial charge in [0.1, 0.15) is 5.75 Å². The Morgan fingerprint density at radius 2 is 2.06 bits per heavy atom. The van der Waals surface area contributed by atoms with Crippen LogP contribution in [0, 0.1) is 5.41 Å². The van der Waals surface area contributed by atoms with E-state index in [0.29, 0.717) is 12.8 Å². The predicted octanol–water partition coefficient (Wildman–Crippen LogP) is 1.95. The molecular weight excluding hydrogens is 218 g/mol. The van der Waals surface area contributed by atoms with Gasteiger partial charge in [-0.2, -0.15) is 0 Å². The van der Waals surface area contributed by atoms with Crippen molar-refractivity contribution < 1.29 is 14.6 Å². The zero-order valence-electron chi connectivity index (χ0n) is 9.80. The number of benzene rings is 1. The van der Waals surface area contributed by atoms with Gasteiger partial charge in [-0.1, -0.05) is 0 Å². The lowest BCUT2D eigenvalue weighted by Gasteiger charge is -2.31. The SMILES string of the molecule is C[C@@H]1OC(Oc2ccc(C=N)cc2)CCC1O. The molecule has 1 heterocycles. The third-order valence-electron chi connectivity index (χ3n) is 2.92. The van der Waals surface area contributed by atoms with Gasteiger partial charge in [0, 0.05) is 12.6 Å². The predicted molar refractivity (Wildman–Crippen MR) is 64.5 cm³/mol. The second-order valence-corrected chi connectivity index (χ2v) is 4.25. The van der Waals surface area contributed by atoms with E-state index in [1.165, 1.54) is 6.21 Å². The summed E-state index contributed by atoms with van der Waals surface area (Å²) in [5.41, 5.74) is 0.839. The molecule has 1 aromatic rings. The highest BCUT2D eigenvalue weighted by atomic mass is 16.7. The Bertz CT molecular complexity index is 377. The van der Waals surface area contributed by atoms with Gasteiger partial charge in [0.25, 0.3) is 0 Å². The van der Waals surface area contributed by atoms with Crippen molar-refractivity contribution in [2.45, 2.75) is 38.3 Å². The molecule has 92 valence electrons. The van der Waals surface area contributed by atoms with Crippen LogP contribution in [0.25, 0.3) is 0 Å². The van der Waals surface area contributed by atoms with Crippen molar-refractivity contribution in [1.29, 1.82) is 5.41 Å². The number of hydrogen-bond donors (Lipinski definition) is 2. The molecule has 1 aromatic carbocycles. The molecule has 17 heavy (non-hydrogen) atoms. The zero-order chi connectivity index (χ0) is 12.3. The van der Waals surface area contributed by atoms with Crippen molar-refractivity contribution in [2.75, 3.05) is 0 Å². The van der Waals surface area contributed by atoms with Crippen LogP contribution in [0.1, 0.15) is 25.3 Å². The molecule has 0 radical (unpaired) electrons. The van der Waals surface area contributed by atoms with Crippen LogP contribution in [0.5, 0.6) is 5.75 Å². The summed E-state index contributed by atoms with van der Waals surface area (Å²) in [6.45, 7) is 1.85. The van der Waals surface area contributed by atoms with E-state index in [-0.39, 0.29) is 12.4 Å². The Hall–Kier alpha value is -1.39. The average Bonchev–Trinajstić information content (AvgIpc) is 2.35. The normalized spacial score (nSPS) is 28.7. The standard InChI is InChI=1S/C13H17NO3/c1-9-12(15)6-7-13(16-9)17-11-4-2-10(8-14)3-5-11/h2-5,8-9,12-15H,6-7H2,1H3/t9-,12?,13?/m0/s1. The van der Waals surface area contributed by atoms with E-state index in [9.17, 15) is 5.11 Å². The molecule has 2 unspecified atom stereocenters. The fourth-order valence-corrected chi connectivity index (χ4v) is 1.82. The van der Waals surface area contributed by atoms with Crippen LogP contribution in [-0.2, 0) is 4.74 Å². The van der Waals surface area contributed by atoms with E-state index in [1.807, 2.05) is 31.2 Å². The molecule has 1 saturated heterocycles. The highest BCUT2D eigenvalue weighted by Gasteiger charge is 2.27. The minimum Gasteiger partial charge on any atom is -0.465 e. The van der Waals surface area contributed by atoms with Crippen molar-refractivity contribution >= 4 is 6.21 Å². The summed E-state index contributed by atoms with van der Waals surface area (Å²) in [5.74, 6) is 0.726. The molecule has 2 N–H and O–H groups in total. The summed E-state index contributed by atoms with van der Waals surface area (Å²) in [6.07, 6.45) is 1.81. The molecule has 0 amide bonds. The van der Waals surface area contributed by atoms with Crippen molar-refractivity contribution in [2.24, 2.45) is 0 Å². The fraction of sp³-hybridized carbons (Fsp3) is 0.462. The van der Waals surface area contributed by atoms with Gasteiger partial charge in [-0.25, -0.2) is 0 Å². The first-order valence-corrected chi connectivity index (χ1v) is 5.80. The van der Waals surface area contributed by atoms with E-state index in [4.69, 9.17) is 14.9 Å². The first-order chi connectivity index (χ1) is 8.19. The van der Waals surface area contributed by atoms with Crippen molar-refractivity contribution in [3.63, 3.8) is 0 Å². The smallest absolute Gasteiger partial charge is 0.200 e. The Morgan fingerprint density at radius 1 is 1.35 bits per heavy atom. The summed E-state index contributed by atoms with van der Waals surface area (Å²) < 4.78 is 11.2. The van der Waals surface area contributed by atoms with Crippen LogP contribution < -0.4 is 4.74 Å². The maximum absolute atomic E-state index is 9.52. The van der Waals surface area contributed by atoms with Crippen molar-refractivity contribution in [3.8, 4) is 5.75 Å². The highest BCUT2D eigenvalue weighted by Crippen LogP contribution is 2.22. The van der Waals surface area contributed by atoms with Gasteiger partial charge < -0.3 is 20.0 Å². The van der Waals surface area contributed by atoms with Gasteiger partial charge in [-0.05, 0) is 43.2 Å². The Kier molecular flexibility index (Phi) is 3.76. The van der Waals surface area contributed by atoms with E-state index in [0.717, 1.165) is 11.3 Å². The summed E-state index contributed by atoms with van der Waals surface area (Å²) >= 11 is 0. The molecule has 3 atom stereocenters. The molecule has 0 saturated carbocycles. The van der Waals surface area contributed by atoms with Crippen LogP contribution in [-0.4, -0.2) is 29.8 Å². The fourth-order valence-electron chi connectivity index (χ4n) is 1.82. The van der Waals surface area contributed by atoms with Gasteiger partial charge in [0.15, 0.2) is 6.29 Å². The second-order valence-electron chi connectivity index (χ2n) is 4.25. The summed E-state index contributed by atoms with van der Waals surface area (Å²) in [5, 5.41) is 16.6. The molecular formula is C13H17NO3. The maximum atomic E-state index is 9.52. The topological polar surface area (TPSA) is 62.5 Å². The van der Waals surface area contributed by atoms with Gasteiger partial charge >= 0.3 is 0 Å². The second kappa shape index (κ2) is 5.29. The number of aliphatic hydroxyl groups excluding tert-OH is 1. The van der Waals surface area contributed by atoms with E-state index < -0.39 is 6.10 Å². The van der Waals surface area contributed by atoms with Crippen LogP contribution in [0.3, 0.4) is 0 Å². The van der Waals surface area contributed by atoms with Crippen LogP contribution in [0.4, 0.5) is 0 Å². The van der Waals surface area contributed by atoms with Gasteiger partial charge in [-0.15, -0.1) is 0 Å². The lowest BCUT2D eigenvalue weighted by Crippen LogP contribution is -2.39. The lowest BCUT2D eigenvalue weighted by molar-refractivity contribution is -0.180. The third kappa shape index (κ3) is 3.05. The Labute approximate surface area is 101 Å². The minimum atomic E-state index is -0.393. The lowest BCUT2D eigenvalue weighted by atomic mass is 10.1. The maximum Gasteiger partial charge on any atom is 0.200 e. The van der Waals surface area contributed by atoms with E-state index in [2.05, 4.69) is 0 Å². The number of nitrogens with one attached hydrogen (secondary N) is 1. The third-order valence-corrected chi connectivity index (χ3v) is 2.92. The molecule has 1 fully saturated rings. The van der Waals surface area contributed by atoms with Crippen LogP contribution >= 0.6 is 0 Å². The minimum absolute atomic E-state index is 0.186. The number of hydrogen-bond acceptors (Lipinski definition) is 4.